The molecule has 0 aliphatic carbocycles. The van der Waals surface area contributed by atoms with E-state index in [2.05, 4.69) is 4.98 Å². The molecular weight excluding hydrogens is 247 g/mol. The molecule has 0 radical (unpaired) electrons. The largest absolute Gasteiger partial charge is 0.471 e. The first-order chi connectivity index (χ1) is 8.48. The van der Waals surface area contributed by atoms with Crippen LogP contribution < -0.4 is 10.2 Å². The number of alkyl halides is 3. The van der Waals surface area contributed by atoms with E-state index in [0.717, 1.165) is 25.9 Å². The van der Waals surface area contributed by atoms with Crippen LogP contribution in [0.2, 0.25) is 0 Å². The lowest BCUT2D eigenvalue weighted by atomic mass is 10.3. The van der Waals surface area contributed by atoms with Crippen LogP contribution in [0.25, 0.3) is 0 Å². The second kappa shape index (κ2) is 4.83. The molecule has 98 valence electrons. The fourth-order valence-electron chi connectivity index (χ4n) is 1.87. The summed E-state index contributed by atoms with van der Waals surface area (Å²) in [4.78, 5) is 16.8. The van der Waals surface area contributed by atoms with Crippen molar-refractivity contribution in [1.29, 1.82) is 0 Å². The molecule has 2 rings (SSSR count). The Balaban J connectivity index is 2.20. The van der Waals surface area contributed by atoms with Gasteiger partial charge in [0.2, 0.25) is 0 Å². The molecule has 1 aliphatic heterocycles. The third kappa shape index (κ3) is 2.72. The van der Waals surface area contributed by atoms with Crippen molar-refractivity contribution in [3.8, 4) is 0 Å². The van der Waals surface area contributed by atoms with Gasteiger partial charge in [0.15, 0.2) is 5.82 Å². The van der Waals surface area contributed by atoms with Gasteiger partial charge in [0.05, 0.1) is 5.69 Å². The molecule has 2 heterocycles. The summed E-state index contributed by atoms with van der Waals surface area (Å²) in [5, 5.41) is 1.86. The number of pyridine rings is 1. The highest BCUT2D eigenvalue weighted by atomic mass is 19.4. The number of hydrogen-bond acceptors (Lipinski definition) is 3. The van der Waals surface area contributed by atoms with Crippen LogP contribution >= 0.6 is 0 Å². The number of aromatic nitrogens is 1. The SMILES string of the molecule is O=C(Nc1cccnc1N1CCCC1)C(F)(F)F. The van der Waals surface area contributed by atoms with Gasteiger partial charge in [0, 0.05) is 19.3 Å². The van der Waals surface area contributed by atoms with E-state index in [1.54, 1.807) is 0 Å². The van der Waals surface area contributed by atoms with E-state index < -0.39 is 12.1 Å². The fraction of sp³-hybridized carbons (Fsp3) is 0.455. The summed E-state index contributed by atoms with van der Waals surface area (Å²) in [6.45, 7) is 1.48. The van der Waals surface area contributed by atoms with Crippen LogP contribution in [-0.2, 0) is 4.79 Å². The third-order valence-corrected chi connectivity index (χ3v) is 2.70. The molecule has 0 saturated carbocycles. The molecule has 1 saturated heterocycles. The molecule has 1 fully saturated rings. The monoisotopic (exact) mass is 259 g/mol. The van der Waals surface area contributed by atoms with Crippen molar-refractivity contribution < 1.29 is 18.0 Å². The minimum Gasteiger partial charge on any atom is -0.355 e. The maximum absolute atomic E-state index is 12.2. The van der Waals surface area contributed by atoms with Crippen molar-refractivity contribution in [1.82, 2.24) is 4.98 Å². The second-order valence-electron chi connectivity index (χ2n) is 4.02. The number of carbonyl (C=O) groups is 1. The first-order valence-electron chi connectivity index (χ1n) is 5.56. The van der Waals surface area contributed by atoms with Crippen LogP contribution in [0.4, 0.5) is 24.7 Å². The molecule has 7 heteroatoms. The molecule has 0 aromatic carbocycles. The van der Waals surface area contributed by atoms with Crippen molar-refractivity contribution in [3.05, 3.63) is 18.3 Å². The van der Waals surface area contributed by atoms with Crippen LogP contribution in [0.15, 0.2) is 18.3 Å². The summed E-state index contributed by atoms with van der Waals surface area (Å²) >= 11 is 0. The molecular formula is C11H12F3N3O. The summed E-state index contributed by atoms with van der Waals surface area (Å²) in [5.74, 6) is -1.58. The highest BCUT2D eigenvalue weighted by Gasteiger charge is 2.39. The van der Waals surface area contributed by atoms with Crippen molar-refractivity contribution in [2.24, 2.45) is 0 Å². The van der Waals surface area contributed by atoms with Gasteiger partial charge >= 0.3 is 12.1 Å². The van der Waals surface area contributed by atoms with Crippen molar-refractivity contribution >= 4 is 17.4 Å². The van der Waals surface area contributed by atoms with E-state index in [1.807, 2.05) is 10.2 Å². The van der Waals surface area contributed by atoms with Crippen LogP contribution in [0, 0.1) is 0 Å². The minimum atomic E-state index is -4.89. The molecule has 0 bridgehead atoms. The number of hydrogen-bond donors (Lipinski definition) is 1. The third-order valence-electron chi connectivity index (χ3n) is 2.70. The molecule has 1 aromatic heterocycles. The summed E-state index contributed by atoms with van der Waals surface area (Å²) in [5.41, 5.74) is 0.0988. The molecule has 0 atom stereocenters. The lowest BCUT2D eigenvalue weighted by Gasteiger charge is -2.20. The Labute approximate surface area is 102 Å². The molecule has 1 aliphatic rings. The number of nitrogens with one attached hydrogen (secondary N) is 1. The highest BCUT2D eigenvalue weighted by molar-refractivity contribution is 5.97. The normalized spacial score (nSPS) is 15.8. The quantitative estimate of drug-likeness (QED) is 0.885. The first-order valence-corrected chi connectivity index (χ1v) is 5.56. The van der Waals surface area contributed by atoms with E-state index in [9.17, 15) is 18.0 Å². The zero-order valence-corrected chi connectivity index (χ0v) is 9.50. The van der Waals surface area contributed by atoms with E-state index in [0.29, 0.717) is 5.82 Å². The molecule has 4 nitrogen and oxygen atoms in total. The molecule has 0 spiro atoms. The maximum Gasteiger partial charge on any atom is 0.471 e. The zero-order chi connectivity index (χ0) is 13.2. The number of carbonyl (C=O) groups excluding carboxylic acids is 1. The van der Waals surface area contributed by atoms with Crippen LogP contribution in [0.1, 0.15) is 12.8 Å². The van der Waals surface area contributed by atoms with Gasteiger partial charge in [-0.25, -0.2) is 4.98 Å². The van der Waals surface area contributed by atoms with Crippen LogP contribution in [0.3, 0.4) is 0 Å². The summed E-state index contributed by atoms with van der Waals surface area (Å²) in [6, 6.07) is 2.91. The topological polar surface area (TPSA) is 45.2 Å². The van der Waals surface area contributed by atoms with Crippen LogP contribution in [0.5, 0.6) is 0 Å². The summed E-state index contributed by atoms with van der Waals surface area (Å²) < 4.78 is 36.6. The van der Waals surface area contributed by atoms with Gasteiger partial charge in [-0.15, -0.1) is 0 Å². The Morgan fingerprint density at radius 1 is 1.33 bits per heavy atom. The van der Waals surface area contributed by atoms with Gasteiger partial charge in [-0.3, -0.25) is 4.79 Å². The number of anilines is 2. The number of amides is 1. The Hall–Kier alpha value is -1.79. The van der Waals surface area contributed by atoms with E-state index in [4.69, 9.17) is 0 Å². The molecule has 1 N–H and O–H groups in total. The number of rotatable bonds is 2. The minimum absolute atomic E-state index is 0.0988. The molecule has 18 heavy (non-hydrogen) atoms. The van der Waals surface area contributed by atoms with Crippen molar-refractivity contribution in [3.63, 3.8) is 0 Å². The lowest BCUT2D eigenvalue weighted by Crippen LogP contribution is -2.31. The van der Waals surface area contributed by atoms with Crippen molar-refractivity contribution in [2.75, 3.05) is 23.3 Å². The highest BCUT2D eigenvalue weighted by Crippen LogP contribution is 2.27. The number of halogens is 3. The molecule has 1 amide bonds. The predicted molar refractivity (Wildman–Crippen MR) is 60.4 cm³/mol. The van der Waals surface area contributed by atoms with Gasteiger partial charge in [-0.05, 0) is 25.0 Å². The Bertz CT molecular complexity index is 441. The van der Waals surface area contributed by atoms with E-state index in [-0.39, 0.29) is 5.69 Å². The van der Waals surface area contributed by atoms with Crippen molar-refractivity contribution in [2.45, 2.75) is 19.0 Å². The second-order valence-corrected chi connectivity index (χ2v) is 4.02. The van der Waals surface area contributed by atoms with Gasteiger partial charge in [-0.1, -0.05) is 0 Å². The van der Waals surface area contributed by atoms with Crippen LogP contribution in [-0.4, -0.2) is 30.2 Å². The number of nitrogens with zero attached hydrogens (tertiary/aromatic N) is 2. The predicted octanol–water partition coefficient (Wildman–Crippen LogP) is 2.18. The van der Waals surface area contributed by atoms with E-state index >= 15 is 0 Å². The smallest absolute Gasteiger partial charge is 0.355 e. The van der Waals surface area contributed by atoms with Gasteiger partial charge in [-0.2, -0.15) is 13.2 Å². The fourth-order valence-corrected chi connectivity index (χ4v) is 1.87. The zero-order valence-electron chi connectivity index (χ0n) is 9.50. The average Bonchev–Trinajstić information content (AvgIpc) is 2.82. The Morgan fingerprint density at radius 2 is 2.00 bits per heavy atom. The molecule has 1 aromatic rings. The average molecular weight is 259 g/mol. The summed E-state index contributed by atoms with van der Waals surface area (Å²) in [6.07, 6.45) is -1.44. The lowest BCUT2D eigenvalue weighted by molar-refractivity contribution is -0.167. The van der Waals surface area contributed by atoms with Gasteiger partial charge in [0.25, 0.3) is 0 Å². The first kappa shape index (κ1) is 12.7. The standard InChI is InChI=1S/C11H12F3N3O/c12-11(13,14)10(18)16-8-4-3-5-15-9(8)17-6-1-2-7-17/h3-5H,1-2,6-7H2,(H,16,18). The van der Waals surface area contributed by atoms with E-state index in [1.165, 1.54) is 18.3 Å². The molecule has 0 unspecified atom stereocenters. The van der Waals surface area contributed by atoms with Gasteiger partial charge < -0.3 is 10.2 Å². The Morgan fingerprint density at radius 3 is 2.61 bits per heavy atom. The maximum atomic E-state index is 12.2. The van der Waals surface area contributed by atoms with Gasteiger partial charge in [0.1, 0.15) is 0 Å². The Kier molecular flexibility index (Phi) is 3.40. The summed E-state index contributed by atoms with van der Waals surface area (Å²) in [7, 11) is 0.